The third kappa shape index (κ3) is 32.1. The lowest BCUT2D eigenvalue weighted by Crippen LogP contribution is -2.65. The first-order valence-electron chi connectivity index (χ1n) is 23.9. The molecule has 0 spiro atoms. The molecule has 0 aromatic heterocycles. The second kappa shape index (κ2) is 36.1. The first kappa shape index (κ1) is 63.2. The van der Waals surface area contributed by atoms with Crippen molar-refractivity contribution in [3.05, 3.63) is 0 Å². The number of unbranched alkanes of at least 4 members (excludes halogenated alkanes) is 21. The fraction of sp³-hybridized carbons (Fsp3) is 0.929. The smallest absolute Gasteiger partial charge is 0.466 e. The largest absolute Gasteiger partial charge is 0.472 e. The van der Waals surface area contributed by atoms with Gasteiger partial charge in [-0.3, -0.25) is 32.5 Å². The molecule has 0 saturated heterocycles. The lowest BCUT2D eigenvalue weighted by molar-refractivity contribution is -0.213. The number of hydrogen-bond donors (Lipinski definition) is 8. The maximum absolute atomic E-state index is 13.1. The van der Waals surface area contributed by atoms with Gasteiger partial charge in [-0.1, -0.05) is 154 Å². The summed E-state index contributed by atoms with van der Waals surface area (Å²) in [5.74, 6) is -0.641. The summed E-state index contributed by atoms with van der Waals surface area (Å²) in [6, 6.07) is 0. The van der Waals surface area contributed by atoms with Crippen molar-refractivity contribution in [3.8, 4) is 0 Å². The van der Waals surface area contributed by atoms with Crippen LogP contribution >= 0.6 is 35.2 Å². The van der Waals surface area contributed by atoms with Gasteiger partial charge in [-0.15, -0.1) is 0 Å². The van der Waals surface area contributed by atoms with Crippen LogP contribution in [0.3, 0.4) is 0 Å². The van der Waals surface area contributed by atoms with E-state index in [1.165, 1.54) is 56.7 Å². The Morgan fingerprint density at radius 1 is 0.515 bits per heavy atom. The number of hydrogen-bond acceptors (Lipinski definition) is 16. The summed E-state index contributed by atoms with van der Waals surface area (Å²) < 4.78 is 65.4. The molecular weight excluding hydrogens is 949 g/mol. The molecule has 390 valence electrons. The highest BCUT2D eigenvalue weighted by Crippen LogP contribution is 2.51. The molecule has 0 aromatic rings. The number of thioether (sulfide) groups is 1. The molecule has 20 nitrogen and oxygen atoms in total. The highest BCUT2D eigenvalue weighted by molar-refractivity contribution is 8.13. The first-order chi connectivity index (χ1) is 31.2. The first-order valence-corrected chi connectivity index (χ1v) is 29.4. The van der Waals surface area contributed by atoms with E-state index < -0.39 is 91.2 Å². The molecule has 8 atom stereocenters. The van der Waals surface area contributed by atoms with E-state index in [2.05, 4.69) is 16.0 Å². The van der Waals surface area contributed by atoms with E-state index in [0.717, 1.165) is 102 Å². The normalized spacial score (nSPS) is 21.6. The molecule has 0 aromatic carbocycles. The number of aliphatic hydroxyl groups is 3. The van der Waals surface area contributed by atoms with Crippen molar-refractivity contribution in [1.29, 1.82) is 0 Å². The summed E-state index contributed by atoms with van der Waals surface area (Å²) in [6.45, 7) is 3.33. The van der Waals surface area contributed by atoms with Crippen LogP contribution in [0.4, 0.5) is 0 Å². The van der Waals surface area contributed by atoms with E-state index in [9.17, 15) is 67.9 Å². The Kier molecular flexibility index (Phi) is 34.6. The van der Waals surface area contributed by atoms with Crippen molar-refractivity contribution in [3.63, 3.8) is 0 Å². The highest BCUT2D eigenvalue weighted by Gasteiger charge is 2.56. The topological polar surface area (TPSA) is 320 Å². The molecule has 8 N–H and O–H groups in total. The van der Waals surface area contributed by atoms with Gasteiger partial charge < -0.3 is 49.3 Å². The lowest BCUT2D eigenvalue weighted by atomic mass is 9.85. The van der Waals surface area contributed by atoms with E-state index in [1.807, 2.05) is 6.92 Å². The fourth-order valence-corrected chi connectivity index (χ4v) is 10.4. The van der Waals surface area contributed by atoms with Crippen LogP contribution in [0.1, 0.15) is 187 Å². The number of aliphatic hydroxyl groups excluding tert-OH is 3. The van der Waals surface area contributed by atoms with E-state index in [-0.39, 0.29) is 18.1 Å². The van der Waals surface area contributed by atoms with Gasteiger partial charge in [0.25, 0.3) is 0 Å². The summed E-state index contributed by atoms with van der Waals surface area (Å²) in [5.41, 5.74) is 0. The average molecular weight is 1030 g/mol. The minimum Gasteiger partial charge on any atom is -0.466 e. The number of carbonyl (C=O) groups is 3. The predicted molar refractivity (Wildman–Crippen MR) is 247 cm³/mol. The van der Waals surface area contributed by atoms with Crippen molar-refractivity contribution in [2.24, 2.45) is 0 Å². The zero-order chi connectivity index (χ0) is 49.4. The monoisotopic (exact) mass is 1030 g/mol. The summed E-state index contributed by atoms with van der Waals surface area (Å²) >= 11 is 1.43. The maximum atomic E-state index is 13.1. The zero-order valence-electron chi connectivity index (χ0n) is 39.0. The molecule has 0 amide bonds. The van der Waals surface area contributed by atoms with Crippen LogP contribution in [-0.2, 0) is 55.6 Å². The molecule has 24 heteroatoms. The Balaban J connectivity index is 2.71. The molecule has 1 rings (SSSR count). The molecule has 0 heterocycles. The van der Waals surface area contributed by atoms with Gasteiger partial charge >= 0.3 is 35.4 Å². The van der Waals surface area contributed by atoms with E-state index in [4.69, 9.17) is 18.5 Å². The standard InChI is InChI=1S/C42H81O20P3S/c1-3-5-6-7-8-9-10-11-12-15-18-21-24-28-34(43)59-33(31-35(44)57-29-25-22-19-16-13-14-17-20-23-26-30-66-36(45)27-4-2)32-58-65(55,56)62-40-37(46)38(47)41(60-63(49,50)51)42(39(40)48)61-64(52,53)54/h33,37-42,46-48H,3-32H2,1-2H3,(H,55,56)(H2,49,50,51)(H2,52,53,54)/t33-,37?,38+,39-,40?,41?,42-/m1/s1. The van der Waals surface area contributed by atoms with Crippen LogP contribution in [0.15, 0.2) is 0 Å². The van der Waals surface area contributed by atoms with Gasteiger partial charge in [0, 0.05) is 18.6 Å². The van der Waals surface area contributed by atoms with E-state index >= 15 is 0 Å². The molecule has 0 bridgehead atoms. The quantitative estimate of drug-likeness (QED) is 0.0164. The Hall–Kier alpha value is -0.830. The van der Waals surface area contributed by atoms with Gasteiger partial charge in [0.05, 0.1) is 19.6 Å². The van der Waals surface area contributed by atoms with Crippen molar-refractivity contribution >= 4 is 52.3 Å². The van der Waals surface area contributed by atoms with Gasteiger partial charge in [-0.2, -0.15) is 0 Å². The van der Waals surface area contributed by atoms with Crippen LogP contribution in [0.25, 0.3) is 0 Å². The molecule has 1 saturated carbocycles. The Morgan fingerprint density at radius 2 is 0.955 bits per heavy atom. The molecule has 0 radical (unpaired) electrons. The minimum atomic E-state index is -5.61. The third-order valence-corrected chi connectivity index (χ3v) is 14.0. The summed E-state index contributed by atoms with van der Waals surface area (Å²) in [5, 5.41) is 32.1. The van der Waals surface area contributed by atoms with Gasteiger partial charge in [-0.25, -0.2) is 13.7 Å². The predicted octanol–water partition coefficient (Wildman–Crippen LogP) is 7.83. The minimum absolute atomic E-state index is 0.0196. The number of phosphoric acid groups is 3. The van der Waals surface area contributed by atoms with E-state index in [0.29, 0.717) is 19.3 Å². The molecule has 4 unspecified atom stereocenters. The van der Waals surface area contributed by atoms with Crippen LogP contribution in [-0.4, -0.2) is 119 Å². The Bertz CT molecular complexity index is 1470. The SMILES string of the molecule is CCCCCCCCCCCCCCCC(=O)O[C@@H](COP(=O)(O)OC1C(O)[C@H](O)C(OP(=O)(O)O)[C@H](OP(=O)(O)O)[C@@H]1O)CC(=O)OCCCCCCCCCCCCSC(=O)CCC. The molecule has 0 aliphatic heterocycles. The van der Waals surface area contributed by atoms with Crippen LogP contribution in [0.2, 0.25) is 0 Å². The second-order valence-corrected chi connectivity index (χ2v) is 21.9. The maximum Gasteiger partial charge on any atom is 0.472 e. The van der Waals surface area contributed by atoms with Gasteiger partial charge in [-0.05, 0) is 25.7 Å². The second-order valence-electron chi connectivity index (χ2n) is 17.0. The van der Waals surface area contributed by atoms with Crippen LogP contribution in [0, 0.1) is 0 Å². The van der Waals surface area contributed by atoms with Gasteiger partial charge in [0.1, 0.15) is 42.7 Å². The summed E-state index contributed by atoms with van der Waals surface area (Å²) in [4.78, 5) is 85.0. The molecular formula is C42H81O20P3S. The van der Waals surface area contributed by atoms with Crippen LogP contribution in [0.5, 0.6) is 0 Å². The zero-order valence-corrected chi connectivity index (χ0v) is 42.5. The Morgan fingerprint density at radius 3 is 1.44 bits per heavy atom. The third-order valence-electron chi connectivity index (χ3n) is 10.9. The summed E-state index contributed by atoms with van der Waals surface area (Å²) in [7, 11) is -16.6. The van der Waals surface area contributed by atoms with E-state index in [1.54, 1.807) is 0 Å². The number of phosphoric ester groups is 3. The number of ether oxygens (including phenoxy) is 2. The Labute approximate surface area is 395 Å². The van der Waals surface area contributed by atoms with Gasteiger partial charge in [0.2, 0.25) is 0 Å². The van der Waals surface area contributed by atoms with Crippen LogP contribution < -0.4 is 0 Å². The van der Waals surface area contributed by atoms with Gasteiger partial charge in [0.15, 0.2) is 5.12 Å². The lowest BCUT2D eigenvalue weighted by Gasteiger charge is -2.44. The van der Waals surface area contributed by atoms with Crippen molar-refractivity contribution < 1.29 is 95.4 Å². The molecule has 1 fully saturated rings. The average Bonchev–Trinajstić information content (AvgIpc) is 3.23. The fourth-order valence-electron chi connectivity index (χ4n) is 7.39. The van der Waals surface area contributed by atoms with Crippen molar-refractivity contribution in [2.45, 2.75) is 230 Å². The van der Waals surface area contributed by atoms with Crippen molar-refractivity contribution in [1.82, 2.24) is 0 Å². The highest BCUT2D eigenvalue weighted by atomic mass is 32.2. The summed E-state index contributed by atoms with van der Waals surface area (Å²) in [6.07, 6.45) is 8.59. The molecule has 1 aliphatic carbocycles. The number of esters is 2. The number of rotatable bonds is 41. The molecule has 66 heavy (non-hydrogen) atoms. The van der Waals surface area contributed by atoms with Crippen molar-refractivity contribution in [2.75, 3.05) is 19.0 Å². The molecule has 1 aliphatic rings. The number of carbonyl (C=O) groups excluding carboxylic acids is 3.